The minimum absolute atomic E-state index is 0.158. The van der Waals surface area contributed by atoms with Crippen LogP contribution in [0.4, 0.5) is 0 Å². The third-order valence-corrected chi connectivity index (χ3v) is 4.74. The average Bonchev–Trinajstić information content (AvgIpc) is 3.12. The summed E-state index contributed by atoms with van der Waals surface area (Å²) < 4.78 is 11.0. The first-order valence-electron chi connectivity index (χ1n) is 9.44. The number of carbonyl (C=O) groups excluding carboxylic acids is 2. The number of amides is 2. The van der Waals surface area contributed by atoms with E-state index in [1.807, 2.05) is 55.5 Å². The number of likely N-dealkylation sites (tertiary alicyclic amines) is 1. The minimum Gasteiger partial charge on any atom is -0.488 e. The zero-order valence-corrected chi connectivity index (χ0v) is 16.3. The normalized spacial score (nSPS) is 18.7. The maximum absolute atomic E-state index is 13.1. The number of methoxy groups -OCH3 is 1. The number of ether oxygens (including phenoxy) is 2. The smallest absolute Gasteiger partial charge is 0.254 e. The molecule has 2 aromatic carbocycles. The third-order valence-electron chi connectivity index (χ3n) is 4.74. The van der Waals surface area contributed by atoms with Gasteiger partial charge in [-0.2, -0.15) is 0 Å². The maximum atomic E-state index is 13.1. The molecule has 0 spiro atoms. The van der Waals surface area contributed by atoms with Gasteiger partial charge in [0.05, 0.1) is 13.2 Å². The number of nitrogens with zero attached hydrogens (tertiary/aromatic N) is 1. The van der Waals surface area contributed by atoms with Gasteiger partial charge in [0.1, 0.15) is 17.9 Å². The molecule has 1 aliphatic heterocycles. The Morgan fingerprint density at radius 3 is 2.64 bits per heavy atom. The van der Waals surface area contributed by atoms with Crippen molar-refractivity contribution in [3.8, 4) is 5.75 Å². The Bertz CT molecular complexity index is 809. The highest BCUT2D eigenvalue weighted by Crippen LogP contribution is 2.25. The molecule has 28 heavy (non-hydrogen) atoms. The van der Waals surface area contributed by atoms with Gasteiger partial charge in [-0.1, -0.05) is 35.9 Å². The van der Waals surface area contributed by atoms with Gasteiger partial charge in [0.15, 0.2) is 0 Å². The highest BCUT2D eigenvalue weighted by Gasteiger charge is 2.41. The summed E-state index contributed by atoms with van der Waals surface area (Å²) in [5.74, 6) is 0.392. The van der Waals surface area contributed by atoms with Crippen LogP contribution in [0, 0.1) is 6.92 Å². The van der Waals surface area contributed by atoms with E-state index in [4.69, 9.17) is 9.47 Å². The summed E-state index contributed by atoms with van der Waals surface area (Å²) in [5, 5.41) is 2.84. The van der Waals surface area contributed by atoms with Crippen LogP contribution in [-0.2, 0) is 9.53 Å². The van der Waals surface area contributed by atoms with Gasteiger partial charge in [-0.3, -0.25) is 9.59 Å². The maximum Gasteiger partial charge on any atom is 0.254 e. The number of aryl methyl sites for hydroxylation is 1. The molecule has 1 heterocycles. The van der Waals surface area contributed by atoms with E-state index in [0.29, 0.717) is 31.7 Å². The van der Waals surface area contributed by atoms with Crippen molar-refractivity contribution in [2.75, 3.05) is 26.8 Å². The molecule has 1 fully saturated rings. The Morgan fingerprint density at radius 1 is 1.14 bits per heavy atom. The van der Waals surface area contributed by atoms with E-state index < -0.39 is 6.04 Å². The molecule has 0 aromatic heterocycles. The van der Waals surface area contributed by atoms with Gasteiger partial charge in [-0.05, 0) is 31.2 Å². The molecule has 1 saturated heterocycles. The zero-order valence-electron chi connectivity index (χ0n) is 16.3. The van der Waals surface area contributed by atoms with Crippen LogP contribution in [0.2, 0.25) is 0 Å². The summed E-state index contributed by atoms with van der Waals surface area (Å²) in [4.78, 5) is 27.4. The van der Waals surface area contributed by atoms with Crippen LogP contribution in [0.5, 0.6) is 5.75 Å². The van der Waals surface area contributed by atoms with Crippen LogP contribution < -0.4 is 10.1 Å². The fourth-order valence-electron chi connectivity index (χ4n) is 3.39. The van der Waals surface area contributed by atoms with E-state index in [2.05, 4.69) is 5.32 Å². The summed E-state index contributed by atoms with van der Waals surface area (Å²) >= 11 is 0. The summed E-state index contributed by atoms with van der Waals surface area (Å²) in [5.41, 5.74) is 1.58. The minimum atomic E-state index is -0.571. The molecule has 6 nitrogen and oxygen atoms in total. The van der Waals surface area contributed by atoms with Gasteiger partial charge >= 0.3 is 0 Å². The first kappa shape index (κ1) is 19.9. The standard InChI is InChI=1S/C22H26N2O4/c1-16-7-6-8-17(13-16)22(26)24-15-19(28-18-9-4-3-5-10-18)14-20(24)21(25)23-11-12-27-2/h3-10,13,19-20H,11-12,14-15H2,1-2H3,(H,23,25)/t19-,20-/m0/s1. The highest BCUT2D eigenvalue weighted by molar-refractivity contribution is 5.98. The number of para-hydroxylation sites is 1. The van der Waals surface area contributed by atoms with Crippen molar-refractivity contribution >= 4 is 11.8 Å². The molecule has 0 saturated carbocycles. The third kappa shape index (κ3) is 4.89. The Hall–Kier alpha value is -2.86. The molecule has 0 aliphatic carbocycles. The molecule has 0 unspecified atom stereocenters. The van der Waals surface area contributed by atoms with Gasteiger partial charge in [0, 0.05) is 25.6 Å². The molecular weight excluding hydrogens is 356 g/mol. The molecular formula is C22H26N2O4. The average molecular weight is 382 g/mol. The van der Waals surface area contributed by atoms with Crippen LogP contribution in [0.3, 0.4) is 0 Å². The first-order valence-corrected chi connectivity index (χ1v) is 9.44. The van der Waals surface area contributed by atoms with Crippen LogP contribution >= 0.6 is 0 Å². The topological polar surface area (TPSA) is 67.9 Å². The quantitative estimate of drug-likeness (QED) is 0.747. The molecule has 2 amide bonds. The molecule has 6 heteroatoms. The first-order chi connectivity index (χ1) is 13.6. The van der Waals surface area contributed by atoms with Gasteiger partial charge in [-0.15, -0.1) is 0 Å². The van der Waals surface area contributed by atoms with Crippen molar-refractivity contribution in [1.29, 1.82) is 0 Å². The van der Waals surface area contributed by atoms with E-state index >= 15 is 0 Å². The van der Waals surface area contributed by atoms with Crippen LogP contribution in [0.1, 0.15) is 22.3 Å². The van der Waals surface area contributed by atoms with Gasteiger partial charge in [0.25, 0.3) is 5.91 Å². The predicted octanol–water partition coefficient (Wildman–Crippen LogP) is 2.42. The second kappa shape index (κ2) is 9.37. The number of rotatable bonds is 7. The van der Waals surface area contributed by atoms with Crippen molar-refractivity contribution in [2.24, 2.45) is 0 Å². The lowest BCUT2D eigenvalue weighted by molar-refractivity contribution is -0.125. The Morgan fingerprint density at radius 2 is 1.93 bits per heavy atom. The van der Waals surface area contributed by atoms with Gasteiger partial charge in [-0.25, -0.2) is 0 Å². The van der Waals surface area contributed by atoms with E-state index in [9.17, 15) is 9.59 Å². The predicted molar refractivity (Wildman–Crippen MR) is 106 cm³/mol. The van der Waals surface area contributed by atoms with Crippen LogP contribution in [0.25, 0.3) is 0 Å². The Balaban J connectivity index is 1.76. The number of hydrogen-bond acceptors (Lipinski definition) is 4. The summed E-state index contributed by atoms with van der Waals surface area (Å²) in [6.07, 6.45) is 0.208. The number of carbonyl (C=O) groups is 2. The van der Waals surface area contributed by atoms with Gasteiger partial charge in [0.2, 0.25) is 5.91 Å². The molecule has 2 atom stereocenters. The number of hydrogen-bond donors (Lipinski definition) is 1. The molecule has 0 radical (unpaired) electrons. The number of benzene rings is 2. The van der Waals surface area contributed by atoms with E-state index in [-0.39, 0.29) is 17.9 Å². The molecule has 2 aromatic rings. The second-order valence-corrected chi connectivity index (χ2v) is 6.92. The highest BCUT2D eigenvalue weighted by atomic mass is 16.5. The lowest BCUT2D eigenvalue weighted by Gasteiger charge is -2.23. The molecule has 1 N–H and O–H groups in total. The van der Waals surface area contributed by atoms with Crippen molar-refractivity contribution in [2.45, 2.75) is 25.5 Å². The van der Waals surface area contributed by atoms with Crippen molar-refractivity contribution in [3.05, 3.63) is 65.7 Å². The van der Waals surface area contributed by atoms with Crippen molar-refractivity contribution < 1.29 is 19.1 Å². The monoisotopic (exact) mass is 382 g/mol. The molecule has 1 aliphatic rings. The lowest BCUT2D eigenvalue weighted by Crippen LogP contribution is -2.46. The fourth-order valence-corrected chi connectivity index (χ4v) is 3.39. The van der Waals surface area contributed by atoms with Crippen LogP contribution in [0.15, 0.2) is 54.6 Å². The van der Waals surface area contributed by atoms with Gasteiger partial charge < -0.3 is 19.7 Å². The van der Waals surface area contributed by atoms with E-state index in [1.54, 1.807) is 18.1 Å². The zero-order chi connectivity index (χ0) is 19.9. The lowest BCUT2D eigenvalue weighted by atomic mass is 10.1. The number of nitrogens with one attached hydrogen (secondary N) is 1. The molecule has 148 valence electrons. The summed E-state index contributed by atoms with van der Waals surface area (Å²) in [6.45, 7) is 3.14. The Kier molecular flexibility index (Phi) is 6.66. The fraction of sp³-hybridized carbons (Fsp3) is 0.364. The van der Waals surface area contributed by atoms with Crippen molar-refractivity contribution in [1.82, 2.24) is 10.2 Å². The summed E-state index contributed by atoms with van der Waals surface area (Å²) in [7, 11) is 1.58. The molecule has 0 bridgehead atoms. The molecule has 3 rings (SSSR count). The Labute approximate surface area is 165 Å². The summed E-state index contributed by atoms with van der Waals surface area (Å²) in [6, 6.07) is 16.3. The largest absolute Gasteiger partial charge is 0.488 e. The van der Waals surface area contributed by atoms with E-state index in [0.717, 1.165) is 11.3 Å². The SMILES string of the molecule is COCCNC(=O)[C@@H]1C[C@H](Oc2ccccc2)CN1C(=O)c1cccc(C)c1. The van der Waals surface area contributed by atoms with Crippen molar-refractivity contribution in [3.63, 3.8) is 0 Å². The van der Waals surface area contributed by atoms with E-state index in [1.165, 1.54) is 0 Å². The second-order valence-electron chi connectivity index (χ2n) is 6.92. The van der Waals surface area contributed by atoms with Crippen LogP contribution in [-0.4, -0.2) is 55.7 Å².